The van der Waals surface area contributed by atoms with Crippen molar-refractivity contribution >= 4 is 0 Å². The monoisotopic (exact) mass is 251 g/mol. The number of hydrogen-bond acceptors (Lipinski definition) is 4. The predicted octanol–water partition coefficient (Wildman–Crippen LogP) is 3.42. The Balaban J connectivity index is 2.04. The molecular weight excluding hydrogens is 238 g/mol. The fourth-order valence-corrected chi connectivity index (χ4v) is 1.90. The molecule has 0 N–H and O–H groups in total. The van der Waals surface area contributed by atoms with Gasteiger partial charge < -0.3 is 4.52 Å². The summed E-state index contributed by atoms with van der Waals surface area (Å²) in [5, 5.41) is 4.09. The zero-order valence-corrected chi connectivity index (χ0v) is 10.8. The van der Waals surface area contributed by atoms with Gasteiger partial charge in [0.2, 0.25) is 0 Å². The van der Waals surface area contributed by atoms with E-state index in [0.717, 1.165) is 28.3 Å². The van der Waals surface area contributed by atoms with E-state index in [1.807, 2.05) is 50.2 Å². The molecule has 2 aromatic heterocycles. The van der Waals surface area contributed by atoms with Crippen molar-refractivity contribution in [1.29, 1.82) is 0 Å². The molecule has 0 atom stereocenters. The smallest absolute Gasteiger partial charge is 0.187 e. The van der Waals surface area contributed by atoms with Gasteiger partial charge in [-0.3, -0.25) is 4.98 Å². The Kier molecular flexibility index (Phi) is 2.83. The third-order valence-electron chi connectivity index (χ3n) is 2.89. The van der Waals surface area contributed by atoms with E-state index in [1.54, 1.807) is 6.20 Å². The highest BCUT2D eigenvalue weighted by Gasteiger charge is 2.12. The van der Waals surface area contributed by atoms with E-state index in [1.165, 1.54) is 0 Å². The molecule has 3 aromatic rings. The largest absolute Gasteiger partial charge is 0.354 e. The summed E-state index contributed by atoms with van der Waals surface area (Å²) < 4.78 is 5.39. The topological polar surface area (TPSA) is 51.8 Å². The first kappa shape index (κ1) is 11.6. The summed E-state index contributed by atoms with van der Waals surface area (Å²) >= 11 is 0. The molecule has 0 amide bonds. The highest BCUT2D eigenvalue weighted by molar-refractivity contribution is 5.65. The molecule has 0 bridgehead atoms. The molecule has 94 valence electrons. The zero-order valence-electron chi connectivity index (χ0n) is 10.8. The van der Waals surface area contributed by atoms with Crippen LogP contribution in [0, 0.1) is 13.8 Å². The van der Waals surface area contributed by atoms with E-state index in [4.69, 9.17) is 4.52 Å². The highest BCUT2D eigenvalue weighted by Crippen LogP contribution is 2.25. The minimum atomic E-state index is 0.646. The van der Waals surface area contributed by atoms with E-state index >= 15 is 0 Å². The van der Waals surface area contributed by atoms with E-state index in [-0.39, 0.29) is 0 Å². The Morgan fingerprint density at radius 1 is 1.05 bits per heavy atom. The lowest BCUT2D eigenvalue weighted by molar-refractivity contribution is 0.433. The average molecular weight is 251 g/mol. The normalized spacial score (nSPS) is 10.6. The average Bonchev–Trinajstić information content (AvgIpc) is 2.92. The quantitative estimate of drug-likeness (QED) is 0.700. The van der Waals surface area contributed by atoms with Crippen LogP contribution in [-0.4, -0.2) is 15.1 Å². The summed E-state index contributed by atoms with van der Waals surface area (Å²) in [4.78, 5) is 8.74. The molecular formula is C15H13N3O. The van der Waals surface area contributed by atoms with Crippen LogP contribution in [0.4, 0.5) is 0 Å². The van der Waals surface area contributed by atoms with Crippen molar-refractivity contribution in [2.24, 2.45) is 0 Å². The van der Waals surface area contributed by atoms with Gasteiger partial charge in [-0.15, -0.1) is 0 Å². The van der Waals surface area contributed by atoms with Gasteiger partial charge in [0, 0.05) is 17.8 Å². The number of aromatic nitrogens is 3. The van der Waals surface area contributed by atoms with Crippen LogP contribution in [0.2, 0.25) is 0 Å². The van der Waals surface area contributed by atoms with E-state index in [9.17, 15) is 0 Å². The van der Waals surface area contributed by atoms with Crippen molar-refractivity contribution in [2.45, 2.75) is 13.8 Å². The lowest BCUT2D eigenvalue weighted by Gasteiger charge is -2.00. The first-order valence-corrected chi connectivity index (χ1v) is 6.07. The summed E-state index contributed by atoms with van der Waals surface area (Å²) in [6, 6.07) is 11.8. The van der Waals surface area contributed by atoms with Gasteiger partial charge in [0.1, 0.15) is 11.4 Å². The van der Waals surface area contributed by atoms with Gasteiger partial charge in [0.15, 0.2) is 5.76 Å². The fourth-order valence-electron chi connectivity index (χ4n) is 1.90. The second kappa shape index (κ2) is 4.65. The van der Waals surface area contributed by atoms with Crippen LogP contribution in [-0.2, 0) is 0 Å². The van der Waals surface area contributed by atoms with E-state index in [2.05, 4.69) is 15.1 Å². The van der Waals surface area contributed by atoms with Crippen LogP contribution < -0.4 is 0 Å². The highest BCUT2D eigenvalue weighted by atomic mass is 16.5. The Morgan fingerprint density at radius 2 is 1.84 bits per heavy atom. The van der Waals surface area contributed by atoms with Crippen molar-refractivity contribution < 1.29 is 4.52 Å². The molecule has 0 aliphatic rings. The summed E-state index contributed by atoms with van der Waals surface area (Å²) in [5.74, 6) is 0.646. The Hall–Kier alpha value is -2.49. The van der Waals surface area contributed by atoms with Crippen molar-refractivity contribution in [3.8, 4) is 22.7 Å². The third-order valence-corrected chi connectivity index (χ3v) is 2.89. The molecule has 0 aliphatic heterocycles. The minimum Gasteiger partial charge on any atom is -0.354 e. The summed E-state index contributed by atoms with van der Waals surface area (Å²) in [6.45, 7) is 3.82. The molecule has 0 spiro atoms. The second-order valence-electron chi connectivity index (χ2n) is 4.39. The number of benzene rings is 1. The molecule has 0 unspecified atom stereocenters. The Bertz CT molecular complexity index is 704. The van der Waals surface area contributed by atoms with Gasteiger partial charge >= 0.3 is 0 Å². The van der Waals surface area contributed by atoms with E-state index in [0.29, 0.717) is 5.76 Å². The van der Waals surface area contributed by atoms with Crippen molar-refractivity contribution in [1.82, 2.24) is 15.1 Å². The van der Waals surface area contributed by atoms with Gasteiger partial charge in [0.05, 0.1) is 11.4 Å². The minimum absolute atomic E-state index is 0.646. The number of nitrogens with zero attached hydrogens (tertiary/aromatic N) is 3. The fraction of sp³-hybridized carbons (Fsp3) is 0.133. The molecule has 4 nitrogen and oxygen atoms in total. The molecule has 0 radical (unpaired) electrons. The number of rotatable bonds is 2. The van der Waals surface area contributed by atoms with Gasteiger partial charge in [-0.05, 0) is 13.8 Å². The lowest BCUT2D eigenvalue weighted by Crippen LogP contribution is -1.93. The van der Waals surface area contributed by atoms with Crippen molar-refractivity contribution in [3.63, 3.8) is 0 Å². The first-order chi connectivity index (χ1) is 9.24. The molecule has 19 heavy (non-hydrogen) atoms. The SMILES string of the molecule is Cc1cnc(C)c(-c2cc(-c3ccccc3)no2)n1. The molecule has 0 saturated heterocycles. The maximum atomic E-state index is 5.39. The molecule has 4 heteroatoms. The van der Waals surface area contributed by atoms with Gasteiger partial charge in [0.25, 0.3) is 0 Å². The maximum Gasteiger partial charge on any atom is 0.187 e. The molecule has 0 saturated carbocycles. The number of aryl methyl sites for hydroxylation is 2. The molecule has 0 aliphatic carbocycles. The van der Waals surface area contributed by atoms with Crippen molar-refractivity contribution in [3.05, 3.63) is 54.0 Å². The summed E-state index contributed by atoms with van der Waals surface area (Å²) in [5.41, 5.74) is 4.27. The van der Waals surface area contributed by atoms with Gasteiger partial charge in [-0.2, -0.15) is 0 Å². The molecule has 0 fully saturated rings. The van der Waals surface area contributed by atoms with Crippen molar-refractivity contribution in [2.75, 3.05) is 0 Å². The Labute approximate surface area is 111 Å². The van der Waals surface area contributed by atoms with Gasteiger partial charge in [-0.1, -0.05) is 35.5 Å². The lowest BCUT2D eigenvalue weighted by atomic mass is 10.1. The van der Waals surface area contributed by atoms with Crippen LogP contribution in [0.15, 0.2) is 47.1 Å². The van der Waals surface area contributed by atoms with Crippen LogP contribution in [0.25, 0.3) is 22.7 Å². The van der Waals surface area contributed by atoms with Crippen LogP contribution >= 0.6 is 0 Å². The molecule has 2 heterocycles. The first-order valence-electron chi connectivity index (χ1n) is 6.07. The maximum absolute atomic E-state index is 5.39. The molecule has 1 aromatic carbocycles. The van der Waals surface area contributed by atoms with Crippen LogP contribution in [0.3, 0.4) is 0 Å². The zero-order chi connectivity index (χ0) is 13.2. The Morgan fingerprint density at radius 3 is 2.63 bits per heavy atom. The van der Waals surface area contributed by atoms with Crippen LogP contribution in [0.1, 0.15) is 11.4 Å². The summed E-state index contributed by atoms with van der Waals surface area (Å²) in [6.07, 6.45) is 1.74. The summed E-state index contributed by atoms with van der Waals surface area (Å²) in [7, 11) is 0. The molecule has 3 rings (SSSR count). The van der Waals surface area contributed by atoms with Crippen LogP contribution in [0.5, 0.6) is 0 Å². The third kappa shape index (κ3) is 2.25. The van der Waals surface area contributed by atoms with E-state index < -0.39 is 0 Å². The predicted molar refractivity (Wildman–Crippen MR) is 72.4 cm³/mol. The van der Waals surface area contributed by atoms with Gasteiger partial charge in [-0.25, -0.2) is 4.98 Å². The standard InChI is InChI=1S/C15H13N3O/c1-10-9-16-11(2)15(17-10)14-8-13(18-19-14)12-6-4-3-5-7-12/h3-9H,1-2H3. The number of hydrogen-bond donors (Lipinski definition) is 0. The second-order valence-corrected chi connectivity index (χ2v) is 4.39.